The molecule has 104 valence electrons. The third-order valence-corrected chi connectivity index (χ3v) is 3.36. The standard InChI is InChI=1S/C16H14ClFO2/c1-20-16(19)15(12-4-8-14(18)9-5-12)10-11-2-6-13(17)7-3-11/h2-9,15H,10H2,1H3. The highest BCUT2D eigenvalue weighted by molar-refractivity contribution is 6.30. The molecule has 2 rings (SSSR count). The molecule has 1 atom stereocenters. The van der Waals surface area contributed by atoms with Gasteiger partial charge in [-0.25, -0.2) is 4.39 Å². The number of ether oxygens (including phenoxy) is 1. The Morgan fingerprint density at radius 1 is 1.15 bits per heavy atom. The summed E-state index contributed by atoms with van der Waals surface area (Å²) >= 11 is 5.84. The first-order chi connectivity index (χ1) is 9.60. The van der Waals surface area contributed by atoms with Crippen LogP contribution < -0.4 is 0 Å². The number of carbonyl (C=O) groups excluding carboxylic acids is 1. The van der Waals surface area contributed by atoms with Gasteiger partial charge in [0.25, 0.3) is 0 Å². The molecule has 2 aromatic rings. The summed E-state index contributed by atoms with van der Waals surface area (Å²) in [6.45, 7) is 0. The number of benzene rings is 2. The number of hydrogen-bond acceptors (Lipinski definition) is 2. The molecule has 0 bridgehead atoms. The lowest BCUT2D eigenvalue weighted by atomic mass is 9.92. The van der Waals surface area contributed by atoms with Crippen molar-refractivity contribution in [1.29, 1.82) is 0 Å². The van der Waals surface area contributed by atoms with E-state index in [0.717, 1.165) is 11.1 Å². The van der Waals surface area contributed by atoms with Crippen molar-refractivity contribution in [3.05, 3.63) is 70.5 Å². The largest absolute Gasteiger partial charge is 0.469 e. The zero-order chi connectivity index (χ0) is 14.5. The zero-order valence-electron chi connectivity index (χ0n) is 11.0. The Balaban J connectivity index is 2.26. The Morgan fingerprint density at radius 2 is 1.75 bits per heavy atom. The third-order valence-electron chi connectivity index (χ3n) is 3.11. The summed E-state index contributed by atoms with van der Waals surface area (Å²) in [5.41, 5.74) is 1.70. The predicted octanol–water partition coefficient (Wildman–Crippen LogP) is 3.98. The van der Waals surface area contributed by atoms with Gasteiger partial charge in [0.2, 0.25) is 0 Å². The van der Waals surface area contributed by atoms with Crippen LogP contribution in [0.5, 0.6) is 0 Å². The van der Waals surface area contributed by atoms with E-state index in [-0.39, 0.29) is 11.8 Å². The number of esters is 1. The van der Waals surface area contributed by atoms with Crippen molar-refractivity contribution in [2.75, 3.05) is 7.11 Å². The minimum atomic E-state index is -0.457. The molecule has 0 saturated carbocycles. The van der Waals surface area contributed by atoms with Crippen molar-refractivity contribution < 1.29 is 13.9 Å². The molecule has 0 aliphatic rings. The van der Waals surface area contributed by atoms with Crippen molar-refractivity contribution in [3.8, 4) is 0 Å². The summed E-state index contributed by atoms with van der Waals surface area (Å²) in [7, 11) is 1.35. The van der Waals surface area contributed by atoms with Crippen LogP contribution in [0.4, 0.5) is 4.39 Å². The first kappa shape index (κ1) is 14.5. The quantitative estimate of drug-likeness (QED) is 0.797. The summed E-state index contributed by atoms with van der Waals surface area (Å²) in [5.74, 6) is -1.13. The maximum Gasteiger partial charge on any atom is 0.313 e. The molecule has 0 fully saturated rings. The Labute approximate surface area is 122 Å². The molecule has 0 saturated heterocycles. The highest BCUT2D eigenvalue weighted by atomic mass is 35.5. The number of rotatable bonds is 4. The monoisotopic (exact) mass is 292 g/mol. The maximum atomic E-state index is 13.0. The van der Waals surface area contributed by atoms with Gasteiger partial charge in [-0.05, 0) is 41.8 Å². The Bertz CT molecular complexity index is 578. The minimum Gasteiger partial charge on any atom is -0.469 e. The molecule has 0 spiro atoms. The summed E-state index contributed by atoms with van der Waals surface area (Å²) in [6.07, 6.45) is 0.482. The molecule has 2 aromatic carbocycles. The summed E-state index contributed by atoms with van der Waals surface area (Å²) in [5, 5.41) is 0.644. The molecule has 0 radical (unpaired) electrons. The average Bonchev–Trinajstić information content (AvgIpc) is 2.47. The van der Waals surface area contributed by atoms with E-state index in [1.54, 1.807) is 24.3 Å². The van der Waals surface area contributed by atoms with Gasteiger partial charge in [-0.15, -0.1) is 0 Å². The van der Waals surface area contributed by atoms with Crippen LogP contribution in [-0.4, -0.2) is 13.1 Å². The lowest BCUT2D eigenvalue weighted by molar-refractivity contribution is -0.142. The van der Waals surface area contributed by atoms with Crippen LogP contribution >= 0.6 is 11.6 Å². The number of carbonyl (C=O) groups is 1. The molecule has 0 heterocycles. The molecule has 0 aliphatic heterocycles. The Kier molecular flexibility index (Phi) is 4.74. The zero-order valence-corrected chi connectivity index (χ0v) is 11.7. The van der Waals surface area contributed by atoms with Crippen LogP contribution in [0.15, 0.2) is 48.5 Å². The second-order valence-electron chi connectivity index (χ2n) is 4.46. The number of methoxy groups -OCH3 is 1. The molecule has 0 aromatic heterocycles. The highest BCUT2D eigenvalue weighted by Gasteiger charge is 2.21. The van der Waals surface area contributed by atoms with Gasteiger partial charge in [0.1, 0.15) is 5.82 Å². The summed E-state index contributed by atoms with van der Waals surface area (Å²) in [4.78, 5) is 11.9. The van der Waals surface area contributed by atoms with E-state index >= 15 is 0 Å². The molecule has 4 heteroatoms. The van der Waals surface area contributed by atoms with Crippen LogP contribution in [0.3, 0.4) is 0 Å². The first-order valence-corrected chi connectivity index (χ1v) is 6.55. The fourth-order valence-electron chi connectivity index (χ4n) is 2.03. The van der Waals surface area contributed by atoms with Crippen LogP contribution in [-0.2, 0) is 16.0 Å². The fourth-order valence-corrected chi connectivity index (χ4v) is 2.16. The topological polar surface area (TPSA) is 26.3 Å². The SMILES string of the molecule is COC(=O)C(Cc1ccc(Cl)cc1)c1ccc(F)cc1. The Hall–Kier alpha value is -1.87. The second-order valence-corrected chi connectivity index (χ2v) is 4.89. The van der Waals surface area contributed by atoms with Crippen LogP contribution in [0.2, 0.25) is 5.02 Å². The highest BCUT2D eigenvalue weighted by Crippen LogP contribution is 2.23. The van der Waals surface area contributed by atoms with E-state index in [0.29, 0.717) is 11.4 Å². The van der Waals surface area contributed by atoms with Gasteiger partial charge >= 0.3 is 5.97 Å². The van der Waals surface area contributed by atoms with Gasteiger partial charge in [-0.2, -0.15) is 0 Å². The normalized spacial score (nSPS) is 11.9. The van der Waals surface area contributed by atoms with E-state index in [1.165, 1.54) is 19.2 Å². The smallest absolute Gasteiger partial charge is 0.313 e. The lowest BCUT2D eigenvalue weighted by Crippen LogP contribution is -2.16. The van der Waals surface area contributed by atoms with E-state index in [4.69, 9.17) is 16.3 Å². The maximum absolute atomic E-state index is 13.0. The van der Waals surface area contributed by atoms with E-state index in [9.17, 15) is 9.18 Å². The third kappa shape index (κ3) is 3.58. The van der Waals surface area contributed by atoms with Crippen LogP contribution in [0.1, 0.15) is 17.0 Å². The first-order valence-electron chi connectivity index (χ1n) is 6.18. The molecular formula is C16H14ClFO2. The number of hydrogen-bond donors (Lipinski definition) is 0. The molecule has 20 heavy (non-hydrogen) atoms. The average molecular weight is 293 g/mol. The summed E-state index contributed by atoms with van der Waals surface area (Å²) in [6, 6.07) is 13.2. The van der Waals surface area contributed by atoms with Gasteiger partial charge in [-0.1, -0.05) is 35.9 Å². The van der Waals surface area contributed by atoms with Crippen molar-refractivity contribution in [2.45, 2.75) is 12.3 Å². The van der Waals surface area contributed by atoms with Gasteiger partial charge in [-0.3, -0.25) is 4.79 Å². The molecular weight excluding hydrogens is 279 g/mol. The molecule has 1 unspecified atom stereocenters. The Morgan fingerprint density at radius 3 is 2.30 bits per heavy atom. The van der Waals surface area contributed by atoms with E-state index in [1.807, 2.05) is 12.1 Å². The molecule has 0 amide bonds. The van der Waals surface area contributed by atoms with Crippen molar-refractivity contribution >= 4 is 17.6 Å². The van der Waals surface area contributed by atoms with Gasteiger partial charge in [0, 0.05) is 5.02 Å². The van der Waals surface area contributed by atoms with E-state index in [2.05, 4.69) is 0 Å². The van der Waals surface area contributed by atoms with Crippen molar-refractivity contribution in [1.82, 2.24) is 0 Å². The van der Waals surface area contributed by atoms with Crippen molar-refractivity contribution in [2.24, 2.45) is 0 Å². The van der Waals surface area contributed by atoms with E-state index < -0.39 is 5.92 Å². The fraction of sp³-hybridized carbons (Fsp3) is 0.188. The second kappa shape index (κ2) is 6.53. The molecule has 0 aliphatic carbocycles. The van der Waals surface area contributed by atoms with Gasteiger partial charge < -0.3 is 4.74 Å². The predicted molar refractivity (Wildman–Crippen MR) is 76.3 cm³/mol. The number of halogens is 2. The van der Waals surface area contributed by atoms with Crippen LogP contribution in [0, 0.1) is 5.82 Å². The molecule has 2 nitrogen and oxygen atoms in total. The van der Waals surface area contributed by atoms with Gasteiger partial charge in [0.05, 0.1) is 13.0 Å². The summed E-state index contributed by atoms with van der Waals surface area (Å²) < 4.78 is 17.8. The minimum absolute atomic E-state index is 0.330. The lowest BCUT2D eigenvalue weighted by Gasteiger charge is -2.15. The van der Waals surface area contributed by atoms with Gasteiger partial charge in [0.15, 0.2) is 0 Å². The van der Waals surface area contributed by atoms with Crippen LogP contribution in [0.25, 0.3) is 0 Å². The van der Waals surface area contributed by atoms with Crippen molar-refractivity contribution in [3.63, 3.8) is 0 Å². The molecule has 0 N–H and O–H groups in total.